The standard InChI is InChI=1S/C18H21N3O.C2H6/c1-21(20)18-15-10-6-5-9-14(15)16(22-2)11-12-7-3-4-8-13(12)17(18)19;1-2/h3-10,16H,11,19-20H2,1-2H3;1-2H3/b18-17-;. The Morgan fingerprint density at radius 3 is 2.21 bits per heavy atom. The van der Waals surface area contributed by atoms with Gasteiger partial charge in [-0.25, -0.2) is 5.84 Å². The molecule has 0 heterocycles. The summed E-state index contributed by atoms with van der Waals surface area (Å²) in [5.74, 6) is 6.09. The zero-order chi connectivity index (χ0) is 17.7. The molecule has 24 heavy (non-hydrogen) atoms. The highest BCUT2D eigenvalue weighted by Gasteiger charge is 2.25. The van der Waals surface area contributed by atoms with Crippen molar-refractivity contribution < 1.29 is 4.74 Å². The first-order chi connectivity index (χ1) is 11.6. The summed E-state index contributed by atoms with van der Waals surface area (Å²) in [7, 11) is 3.55. The molecule has 4 heteroatoms. The van der Waals surface area contributed by atoms with E-state index < -0.39 is 0 Å². The van der Waals surface area contributed by atoms with E-state index in [-0.39, 0.29) is 6.10 Å². The normalized spacial score (nSPS) is 19.1. The minimum absolute atomic E-state index is 0.0274. The number of hydrogen-bond acceptors (Lipinski definition) is 4. The van der Waals surface area contributed by atoms with Gasteiger partial charge in [0.15, 0.2) is 0 Å². The average Bonchev–Trinajstić information content (AvgIpc) is 2.61. The van der Waals surface area contributed by atoms with Gasteiger partial charge in [-0.1, -0.05) is 62.4 Å². The lowest BCUT2D eigenvalue weighted by molar-refractivity contribution is 0.103. The first-order valence-electron chi connectivity index (χ1n) is 8.32. The van der Waals surface area contributed by atoms with E-state index in [9.17, 15) is 0 Å². The second kappa shape index (κ2) is 7.99. The average molecular weight is 325 g/mol. The fourth-order valence-electron chi connectivity index (χ4n) is 3.13. The zero-order valence-corrected chi connectivity index (χ0v) is 14.9. The monoisotopic (exact) mass is 325 g/mol. The molecule has 4 nitrogen and oxygen atoms in total. The van der Waals surface area contributed by atoms with Gasteiger partial charge in [0, 0.05) is 31.7 Å². The number of benzene rings is 2. The zero-order valence-electron chi connectivity index (χ0n) is 14.9. The molecule has 0 fully saturated rings. The van der Waals surface area contributed by atoms with Crippen LogP contribution in [0.25, 0.3) is 11.4 Å². The Balaban J connectivity index is 0.00000100. The van der Waals surface area contributed by atoms with Crippen molar-refractivity contribution in [2.75, 3.05) is 14.2 Å². The van der Waals surface area contributed by atoms with Crippen molar-refractivity contribution in [2.24, 2.45) is 11.6 Å². The summed E-state index contributed by atoms with van der Waals surface area (Å²) in [6, 6.07) is 16.3. The Bertz CT molecular complexity index is 722. The van der Waals surface area contributed by atoms with Crippen LogP contribution in [-0.4, -0.2) is 19.2 Å². The van der Waals surface area contributed by atoms with Gasteiger partial charge in [0.1, 0.15) is 0 Å². The van der Waals surface area contributed by atoms with Crippen molar-refractivity contribution in [1.82, 2.24) is 5.01 Å². The van der Waals surface area contributed by atoms with E-state index in [1.54, 1.807) is 12.1 Å². The Morgan fingerprint density at radius 1 is 1.00 bits per heavy atom. The Morgan fingerprint density at radius 2 is 1.58 bits per heavy atom. The second-order valence-electron chi connectivity index (χ2n) is 5.55. The van der Waals surface area contributed by atoms with E-state index in [0.717, 1.165) is 28.8 Å². The van der Waals surface area contributed by atoms with Crippen LogP contribution >= 0.6 is 0 Å². The smallest absolute Gasteiger partial charge is 0.0868 e. The van der Waals surface area contributed by atoms with Crippen LogP contribution in [0.5, 0.6) is 0 Å². The van der Waals surface area contributed by atoms with E-state index in [2.05, 4.69) is 12.1 Å². The summed E-state index contributed by atoms with van der Waals surface area (Å²) < 4.78 is 5.75. The summed E-state index contributed by atoms with van der Waals surface area (Å²) in [6.07, 6.45) is 0.756. The topological polar surface area (TPSA) is 64.5 Å². The number of ether oxygens (including phenoxy) is 1. The molecule has 4 N–H and O–H groups in total. The van der Waals surface area contributed by atoms with E-state index in [4.69, 9.17) is 16.3 Å². The Kier molecular flexibility index (Phi) is 6.01. The molecule has 0 radical (unpaired) electrons. The molecule has 0 spiro atoms. The lowest BCUT2D eigenvalue weighted by atomic mass is 9.88. The third kappa shape index (κ3) is 3.30. The van der Waals surface area contributed by atoms with Gasteiger partial charge in [0.25, 0.3) is 0 Å². The van der Waals surface area contributed by atoms with Crippen molar-refractivity contribution in [3.8, 4) is 0 Å². The first-order valence-corrected chi connectivity index (χ1v) is 8.32. The number of nitrogens with zero attached hydrogens (tertiary/aromatic N) is 1. The van der Waals surface area contributed by atoms with E-state index in [1.807, 2.05) is 57.3 Å². The summed E-state index contributed by atoms with van der Waals surface area (Å²) in [4.78, 5) is 0. The lowest BCUT2D eigenvalue weighted by Gasteiger charge is -2.29. The minimum Gasteiger partial charge on any atom is -0.396 e. The van der Waals surface area contributed by atoms with Crippen molar-refractivity contribution >= 4 is 11.4 Å². The molecule has 1 aliphatic rings. The molecule has 3 rings (SSSR count). The molecule has 0 aromatic heterocycles. The van der Waals surface area contributed by atoms with Crippen molar-refractivity contribution in [2.45, 2.75) is 26.4 Å². The quantitative estimate of drug-likeness (QED) is 0.655. The highest BCUT2D eigenvalue weighted by molar-refractivity contribution is 5.90. The maximum Gasteiger partial charge on any atom is 0.0868 e. The van der Waals surface area contributed by atoms with Gasteiger partial charge in [-0.2, -0.15) is 0 Å². The first kappa shape index (κ1) is 18.0. The van der Waals surface area contributed by atoms with E-state index in [1.165, 1.54) is 5.56 Å². The van der Waals surface area contributed by atoms with Gasteiger partial charge >= 0.3 is 0 Å². The predicted octanol–water partition coefficient (Wildman–Crippen LogP) is 3.55. The number of nitrogens with two attached hydrogens (primary N) is 2. The predicted molar refractivity (Wildman–Crippen MR) is 101 cm³/mol. The van der Waals surface area contributed by atoms with Gasteiger partial charge < -0.3 is 15.5 Å². The number of hydrazine groups is 1. The molecule has 0 aliphatic heterocycles. The van der Waals surface area contributed by atoms with Crippen LogP contribution in [0.2, 0.25) is 0 Å². The second-order valence-corrected chi connectivity index (χ2v) is 5.55. The van der Waals surface area contributed by atoms with Crippen LogP contribution < -0.4 is 11.6 Å². The van der Waals surface area contributed by atoms with Crippen molar-refractivity contribution in [3.05, 3.63) is 70.8 Å². The minimum atomic E-state index is -0.0274. The SMILES string of the molecule is CC.COC1Cc2ccccc2/C(N)=C(/N(C)N)c2ccccc21. The molecule has 0 saturated carbocycles. The maximum atomic E-state index is 6.48. The number of rotatable bonds is 2. The Hall–Kier alpha value is -2.30. The number of methoxy groups -OCH3 is 1. The molecule has 1 atom stereocenters. The highest BCUT2D eigenvalue weighted by atomic mass is 16.5. The maximum absolute atomic E-state index is 6.48. The van der Waals surface area contributed by atoms with E-state index >= 15 is 0 Å². The van der Waals surface area contributed by atoms with Gasteiger partial charge in [-0.3, -0.25) is 0 Å². The molecule has 1 aliphatic carbocycles. The van der Waals surface area contributed by atoms with Crippen LogP contribution in [-0.2, 0) is 11.2 Å². The Labute approximate surface area is 144 Å². The van der Waals surface area contributed by atoms with Crippen molar-refractivity contribution in [1.29, 1.82) is 0 Å². The van der Waals surface area contributed by atoms with Crippen LogP contribution in [0, 0.1) is 0 Å². The molecule has 2 aromatic rings. The summed E-state index contributed by atoms with van der Waals surface area (Å²) in [5.41, 5.74) is 12.3. The molecular weight excluding hydrogens is 298 g/mol. The lowest BCUT2D eigenvalue weighted by Crippen LogP contribution is -2.29. The molecule has 128 valence electrons. The van der Waals surface area contributed by atoms with Gasteiger partial charge in [-0.15, -0.1) is 0 Å². The van der Waals surface area contributed by atoms with Gasteiger partial charge in [-0.05, 0) is 11.1 Å². The fraction of sp³-hybridized carbons (Fsp3) is 0.300. The van der Waals surface area contributed by atoms with Crippen LogP contribution in [0.3, 0.4) is 0 Å². The van der Waals surface area contributed by atoms with Crippen LogP contribution in [0.4, 0.5) is 0 Å². The third-order valence-electron chi connectivity index (χ3n) is 4.17. The molecule has 2 aromatic carbocycles. The molecule has 0 amide bonds. The summed E-state index contributed by atoms with van der Waals surface area (Å²) in [6.45, 7) is 4.00. The number of hydrogen-bond donors (Lipinski definition) is 2. The van der Waals surface area contributed by atoms with Gasteiger partial charge in [0.2, 0.25) is 0 Å². The number of fused-ring (bicyclic) bond motifs is 2. The summed E-state index contributed by atoms with van der Waals surface area (Å²) >= 11 is 0. The molecule has 0 saturated heterocycles. The van der Waals surface area contributed by atoms with Crippen LogP contribution in [0.1, 0.15) is 42.2 Å². The van der Waals surface area contributed by atoms with Crippen molar-refractivity contribution in [3.63, 3.8) is 0 Å². The summed E-state index contributed by atoms with van der Waals surface area (Å²) in [5, 5.41) is 1.59. The highest BCUT2D eigenvalue weighted by Crippen LogP contribution is 2.36. The molecule has 1 unspecified atom stereocenters. The largest absolute Gasteiger partial charge is 0.396 e. The van der Waals surface area contributed by atoms with Gasteiger partial charge in [0.05, 0.1) is 17.5 Å². The molecular formula is C20H27N3O. The third-order valence-corrected chi connectivity index (χ3v) is 4.17. The fourth-order valence-corrected chi connectivity index (χ4v) is 3.13. The van der Waals surface area contributed by atoms with E-state index in [0.29, 0.717) is 5.70 Å². The van der Waals surface area contributed by atoms with Crippen LogP contribution in [0.15, 0.2) is 48.5 Å². The molecule has 0 bridgehead atoms.